The number of carbonyl (C=O) groups is 1. The minimum absolute atomic E-state index is 0.0293. The first-order valence-electron chi connectivity index (χ1n) is 9.61. The first-order valence-corrected chi connectivity index (χ1v) is 9.61. The van der Waals surface area contributed by atoms with Gasteiger partial charge in [0.15, 0.2) is 17.6 Å². The van der Waals surface area contributed by atoms with E-state index in [9.17, 15) is 4.79 Å². The summed E-state index contributed by atoms with van der Waals surface area (Å²) in [4.78, 5) is 19.7. The molecule has 1 aliphatic rings. The Morgan fingerprint density at radius 1 is 1.14 bits per heavy atom. The number of hydrogen-bond acceptors (Lipinski definition) is 4. The number of rotatable bonds is 4. The fourth-order valence-electron chi connectivity index (χ4n) is 3.53. The molecule has 0 fully saturated rings. The zero-order valence-corrected chi connectivity index (χ0v) is 16.4. The van der Waals surface area contributed by atoms with Gasteiger partial charge in [0, 0.05) is 11.9 Å². The largest absolute Gasteiger partial charge is 0.486 e. The van der Waals surface area contributed by atoms with Gasteiger partial charge < -0.3 is 14.4 Å². The predicted molar refractivity (Wildman–Crippen MR) is 109 cm³/mol. The van der Waals surface area contributed by atoms with Gasteiger partial charge in [0.1, 0.15) is 6.61 Å². The predicted octanol–water partition coefficient (Wildman–Crippen LogP) is 4.15. The third-order valence-electron chi connectivity index (χ3n) is 5.05. The van der Waals surface area contributed by atoms with Gasteiger partial charge in [-0.05, 0) is 51.1 Å². The Balaban J connectivity index is 1.56. The van der Waals surface area contributed by atoms with Crippen LogP contribution < -0.4 is 9.47 Å². The lowest BCUT2D eigenvalue weighted by Crippen LogP contribution is -2.43. The van der Waals surface area contributed by atoms with Crippen molar-refractivity contribution in [2.24, 2.45) is 0 Å². The third-order valence-corrected chi connectivity index (χ3v) is 5.05. The van der Waals surface area contributed by atoms with Crippen LogP contribution in [-0.2, 0) is 0 Å². The minimum atomic E-state index is -0.199. The van der Waals surface area contributed by atoms with Crippen molar-refractivity contribution in [1.82, 2.24) is 9.88 Å². The first kappa shape index (κ1) is 18.3. The number of pyridine rings is 1. The van der Waals surface area contributed by atoms with Crippen molar-refractivity contribution >= 4 is 16.8 Å². The zero-order chi connectivity index (χ0) is 19.7. The number of likely N-dealkylation sites (N-methyl/N-ethyl adjacent to an activating group) is 1. The molecule has 144 valence electrons. The summed E-state index contributed by atoms with van der Waals surface area (Å²) in [7, 11) is 0. The van der Waals surface area contributed by atoms with Crippen molar-refractivity contribution in [3.8, 4) is 11.5 Å². The van der Waals surface area contributed by atoms with Crippen LogP contribution in [0.4, 0.5) is 0 Å². The second-order valence-electron chi connectivity index (χ2n) is 7.16. The fraction of sp³-hybridized carbons (Fsp3) is 0.304. The Labute approximate surface area is 164 Å². The van der Waals surface area contributed by atoms with Crippen LogP contribution in [0.15, 0.2) is 48.5 Å². The van der Waals surface area contributed by atoms with Crippen LogP contribution in [0.1, 0.15) is 28.5 Å². The fourth-order valence-corrected chi connectivity index (χ4v) is 3.53. The van der Waals surface area contributed by atoms with Crippen LogP contribution in [0.3, 0.4) is 0 Å². The van der Waals surface area contributed by atoms with Crippen LogP contribution in [0.2, 0.25) is 0 Å². The summed E-state index contributed by atoms with van der Waals surface area (Å²) in [6.45, 7) is 7.38. The summed E-state index contributed by atoms with van der Waals surface area (Å²) >= 11 is 0. The van der Waals surface area contributed by atoms with E-state index in [4.69, 9.17) is 9.47 Å². The zero-order valence-electron chi connectivity index (χ0n) is 16.4. The van der Waals surface area contributed by atoms with E-state index < -0.39 is 0 Å². The highest BCUT2D eigenvalue weighted by Crippen LogP contribution is 2.31. The second-order valence-corrected chi connectivity index (χ2v) is 7.16. The summed E-state index contributed by atoms with van der Waals surface area (Å²) < 4.78 is 11.8. The molecule has 1 aromatic heterocycles. The molecule has 3 aromatic rings. The van der Waals surface area contributed by atoms with E-state index in [1.165, 1.54) is 0 Å². The molecule has 0 saturated carbocycles. The van der Waals surface area contributed by atoms with E-state index in [-0.39, 0.29) is 12.0 Å². The van der Waals surface area contributed by atoms with Crippen molar-refractivity contribution in [2.45, 2.75) is 26.9 Å². The SMILES string of the molecule is CCN(CC1COc2ccccc2O1)C(=O)c1cc2cc(C)ccc2nc1C. The number of para-hydroxylation sites is 2. The molecule has 5 nitrogen and oxygen atoms in total. The van der Waals surface area contributed by atoms with Gasteiger partial charge in [-0.25, -0.2) is 0 Å². The van der Waals surface area contributed by atoms with Crippen molar-refractivity contribution < 1.29 is 14.3 Å². The molecule has 0 saturated heterocycles. The van der Waals surface area contributed by atoms with Crippen LogP contribution >= 0.6 is 0 Å². The molecule has 1 amide bonds. The monoisotopic (exact) mass is 376 g/mol. The maximum Gasteiger partial charge on any atom is 0.255 e. The molecule has 0 N–H and O–H groups in total. The number of carbonyl (C=O) groups excluding carboxylic acids is 1. The summed E-state index contributed by atoms with van der Waals surface area (Å²) in [5.41, 5.74) is 3.43. The maximum absolute atomic E-state index is 13.2. The number of fused-ring (bicyclic) bond motifs is 2. The highest BCUT2D eigenvalue weighted by atomic mass is 16.6. The van der Waals surface area contributed by atoms with Crippen molar-refractivity contribution in [3.63, 3.8) is 0 Å². The van der Waals surface area contributed by atoms with Gasteiger partial charge in [-0.1, -0.05) is 23.8 Å². The molecule has 0 aliphatic carbocycles. The molecule has 0 radical (unpaired) electrons. The van der Waals surface area contributed by atoms with Crippen LogP contribution in [0.25, 0.3) is 10.9 Å². The lowest BCUT2D eigenvalue weighted by atomic mass is 10.1. The Morgan fingerprint density at radius 3 is 2.71 bits per heavy atom. The molecule has 2 aromatic carbocycles. The van der Waals surface area contributed by atoms with Gasteiger partial charge in [-0.2, -0.15) is 0 Å². The lowest BCUT2D eigenvalue weighted by molar-refractivity contribution is 0.0474. The van der Waals surface area contributed by atoms with Crippen molar-refractivity contribution in [2.75, 3.05) is 19.7 Å². The van der Waals surface area contributed by atoms with E-state index in [0.29, 0.717) is 25.3 Å². The van der Waals surface area contributed by atoms with E-state index in [2.05, 4.69) is 11.1 Å². The van der Waals surface area contributed by atoms with Gasteiger partial charge in [-0.15, -0.1) is 0 Å². The molecule has 4 rings (SSSR count). The normalized spacial score (nSPS) is 15.5. The molecular formula is C23H24N2O3. The number of aromatic nitrogens is 1. The molecule has 1 aliphatic heterocycles. The smallest absolute Gasteiger partial charge is 0.255 e. The van der Waals surface area contributed by atoms with Crippen LogP contribution in [0.5, 0.6) is 11.5 Å². The molecular weight excluding hydrogens is 352 g/mol. The van der Waals surface area contributed by atoms with Gasteiger partial charge in [-0.3, -0.25) is 9.78 Å². The highest BCUT2D eigenvalue weighted by Gasteiger charge is 2.26. The van der Waals surface area contributed by atoms with Crippen molar-refractivity contribution in [1.29, 1.82) is 0 Å². The van der Waals surface area contributed by atoms with Crippen LogP contribution in [0, 0.1) is 13.8 Å². The average molecular weight is 376 g/mol. The molecule has 5 heteroatoms. The number of amides is 1. The molecule has 28 heavy (non-hydrogen) atoms. The third kappa shape index (κ3) is 3.52. The highest BCUT2D eigenvalue weighted by molar-refractivity contribution is 5.98. The molecule has 0 bridgehead atoms. The lowest BCUT2D eigenvalue weighted by Gasteiger charge is -2.31. The summed E-state index contributed by atoms with van der Waals surface area (Å²) in [5.74, 6) is 1.44. The Morgan fingerprint density at radius 2 is 1.93 bits per heavy atom. The van der Waals surface area contributed by atoms with Crippen LogP contribution in [-0.4, -0.2) is 41.6 Å². The Bertz CT molecular complexity index is 1030. The average Bonchev–Trinajstić information content (AvgIpc) is 2.71. The number of hydrogen-bond donors (Lipinski definition) is 0. The van der Waals surface area contributed by atoms with E-state index in [0.717, 1.165) is 33.7 Å². The minimum Gasteiger partial charge on any atom is -0.486 e. The molecule has 1 unspecified atom stereocenters. The molecule has 2 heterocycles. The summed E-state index contributed by atoms with van der Waals surface area (Å²) in [6, 6.07) is 15.6. The van der Waals surface area contributed by atoms with Gasteiger partial charge in [0.05, 0.1) is 23.3 Å². The number of ether oxygens (including phenoxy) is 2. The number of aryl methyl sites for hydroxylation is 2. The maximum atomic E-state index is 13.2. The molecule has 0 spiro atoms. The van der Waals surface area contributed by atoms with E-state index >= 15 is 0 Å². The Hall–Kier alpha value is -3.08. The quantitative estimate of drug-likeness (QED) is 0.686. The topological polar surface area (TPSA) is 51.7 Å². The standard InChI is InChI=1S/C23H24N2O3/c1-4-25(13-18-14-27-21-7-5-6-8-22(21)28-18)23(26)19-12-17-11-15(2)9-10-20(17)24-16(19)3/h5-12,18H,4,13-14H2,1-3H3. The first-order chi connectivity index (χ1) is 13.5. The summed E-state index contributed by atoms with van der Waals surface area (Å²) in [5, 5.41) is 0.983. The van der Waals surface area contributed by atoms with Crippen molar-refractivity contribution in [3.05, 3.63) is 65.4 Å². The number of benzene rings is 2. The number of nitrogens with zero attached hydrogens (tertiary/aromatic N) is 2. The summed E-state index contributed by atoms with van der Waals surface area (Å²) in [6.07, 6.45) is -0.199. The van der Waals surface area contributed by atoms with Gasteiger partial charge in [0.2, 0.25) is 0 Å². The van der Waals surface area contributed by atoms with E-state index in [1.807, 2.05) is 63.2 Å². The second kappa shape index (κ2) is 7.50. The molecule has 1 atom stereocenters. The Kier molecular flexibility index (Phi) is 4.90. The van der Waals surface area contributed by atoms with E-state index in [1.54, 1.807) is 4.90 Å². The van der Waals surface area contributed by atoms with Gasteiger partial charge in [0.25, 0.3) is 5.91 Å². The van der Waals surface area contributed by atoms with Gasteiger partial charge >= 0.3 is 0 Å².